The minimum Gasteiger partial charge on any atom is -0.336 e. The lowest BCUT2D eigenvalue weighted by atomic mass is 9.95. The molecule has 6 heteroatoms. The van der Waals surface area contributed by atoms with Gasteiger partial charge >= 0.3 is 0 Å². The van der Waals surface area contributed by atoms with Crippen molar-refractivity contribution in [2.24, 2.45) is 5.73 Å². The third-order valence-corrected chi connectivity index (χ3v) is 5.22. The summed E-state index contributed by atoms with van der Waals surface area (Å²) in [6.07, 6.45) is 0. The van der Waals surface area contributed by atoms with Crippen LogP contribution in [0.4, 0.5) is 0 Å². The van der Waals surface area contributed by atoms with Gasteiger partial charge in [0.2, 0.25) is 0 Å². The van der Waals surface area contributed by atoms with E-state index >= 15 is 0 Å². The number of fused-ring (bicyclic) bond motifs is 1. The van der Waals surface area contributed by atoms with Crippen LogP contribution < -0.4 is 5.73 Å². The molecule has 2 aliphatic rings. The Balaban J connectivity index is 1.58. The van der Waals surface area contributed by atoms with Crippen LogP contribution in [0.2, 0.25) is 0 Å². The average Bonchev–Trinajstić information content (AvgIpc) is 3.16. The molecular weight excluding hydrogens is 330 g/mol. The van der Waals surface area contributed by atoms with E-state index in [1.807, 2.05) is 30.3 Å². The van der Waals surface area contributed by atoms with Gasteiger partial charge in [0.15, 0.2) is 0 Å². The molecule has 2 N–H and O–H groups in total. The van der Waals surface area contributed by atoms with Gasteiger partial charge < -0.3 is 10.6 Å². The first kappa shape index (κ1) is 16.5. The number of benzene rings is 2. The molecule has 3 amide bonds. The van der Waals surface area contributed by atoms with Gasteiger partial charge in [-0.05, 0) is 23.8 Å². The molecule has 0 unspecified atom stereocenters. The lowest BCUT2D eigenvalue weighted by molar-refractivity contribution is 0.0692. The Hall–Kier alpha value is -2.99. The van der Waals surface area contributed by atoms with Crippen LogP contribution in [0.5, 0.6) is 0 Å². The van der Waals surface area contributed by atoms with Crippen molar-refractivity contribution in [2.75, 3.05) is 20.1 Å². The molecule has 2 heterocycles. The number of imide groups is 1. The van der Waals surface area contributed by atoms with Gasteiger partial charge in [0.05, 0.1) is 11.1 Å². The van der Waals surface area contributed by atoms with Gasteiger partial charge in [-0.3, -0.25) is 19.3 Å². The number of carbonyl (C=O) groups excluding carboxylic acids is 3. The monoisotopic (exact) mass is 349 g/mol. The third kappa shape index (κ3) is 2.50. The molecule has 0 bridgehead atoms. The molecule has 6 nitrogen and oxygen atoms in total. The van der Waals surface area contributed by atoms with E-state index in [0.29, 0.717) is 24.2 Å². The van der Waals surface area contributed by atoms with Crippen molar-refractivity contribution in [3.05, 3.63) is 70.8 Å². The minimum atomic E-state index is -0.375. The van der Waals surface area contributed by atoms with Crippen LogP contribution in [-0.4, -0.2) is 53.7 Å². The van der Waals surface area contributed by atoms with E-state index in [2.05, 4.69) is 0 Å². The normalized spacial score (nSPS) is 22.1. The van der Waals surface area contributed by atoms with Crippen molar-refractivity contribution in [3.8, 4) is 0 Å². The molecule has 0 aliphatic carbocycles. The van der Waals surface area contributed by atoms with Crippen LogP contribution >= 0.6 is 0 Å². The highest BCUT2D eigenvalue weighted by atomic mass is 16.2. The van der Waals surface area contributed by atoms with E-state index in [4.69, 9.17) is 5.73 Å². The number of carbonyl (C=O) groups is 3. The van der Waals surface area contributed by atoms with Crippen molar-refractivity contribution in [1.29, 1.82) is 0 Å². The maximum absolute atomic E-state index is 12.9. The number of nitrogens with two attached hydrogens (primary N) is 1. The lowest BCUT2D eigenvalue weighted by Crippen LogP contribution is -2.32. The van der Waals surface area contributed by atoms with Gasteiger partial charge in [0.25, 0.3) is 17.7 Å². The quantitative estimate of drug-likeness (QED) is 0.833. The van der Waals surface area contributed by atoms with Crippen molar-refractivity contribution in [3.63, 3.8) is 0 Å². The Morgan fingerprint density at radius 1 is 1.00 bits per heavy atom. The fourth-order valence-corrected chi connectivity index (χ4v) is 3.72. The Morgan fingerprint density at radius 2 is 1.69 bits per heavy atom. The van der Waals surface area contributed by atoms with Crippen LogP contribution in [0.15, 0.2) is 48.5 Å². The van der Waals surface area contributed by atoms with Gasteiger partial charge in [0, 0.05) is 37.7 Å². The molecule has 132 valence electrons. The van der Waals surface area contributed by atoms with Crippen LogP contribution in [0, 0.1) is 0 Å². The second-order valence-corrected chi connectivity index (χ2v) is 6.82. The molecule has 2 aromatic carbocycles. The van der Waals surface area contributed by atoms with Crippen molar-refractivity contribution >= 4 is 17.7 Å². The van der Waals surface area contributed by atoms with Gasteiger partial charge in [0.1, 0.15) is 0 Å². The van der Waals surface area contributed by atoms with Gasteiger partial charge in [-0.15, -0.1) is 0 Å². The van der Waals surface area contributed by atoms with Crippen LogP contribution in [0.1, 0.15) is 42.6 Å². The molecule has 26 heavy (non-hydrogen) atoms. The molecule has 0 radical (unpaired) electrons. The Bertz CT molecular complexity index is 910. The number of amides is 3. The molecule has 0 aromatic heterocycles. The molecule has 0 saturated carbocycles. The lowest BCUT2D eigenvalue weighted by Gasteiger charge is -2.17. The highest BCUT2D eigenvalue weighted by Crippen LogP contribution is 2.29. The zero-order chi connectivity index (χ0) is 18.4. The zero-order valence-electron chi connectivity index (χ0n) is 14.4. The van der Waals surface area contributed by atoms with Crippen LogP contribution in [-0.2, 0) is 0 Å². The highest BCUT2D eigenvalue weighted by Gasteiger charge is 2.36. The smallest absolute Gasteiger partial charge is 0.261 e. The summed E-state index contributed by atoms with van der Waals surface area (Å²) in [6, 6.07) is 14.5. The fourth-order valence-electron chi connectivity index (χ4n) is 3.72. The first-order chi connectivity index (χ1) is 12.5. The van der Waals surface area contributed by atoms with E-state index in [-0.39, 0.29) is 35.2 Å². The zero-order valence-corrected chi connectivity index (χ0v) is 14.4. The fraction of sp³-hybridized carbons (Fsp3) is 0.250. The van der Waals surface area contributed by atoms with Crippen LogP contribution in [0.3, 0.4) is 0 Å². The van der Waals surface area contributed by atoms with Gasteiger partial charge in [-0.25, -0.2) is 0 Å². The summed E-state index contributed by atoms with van der Waals surface area (Å²) >= 11 is 0. The molecule has 0 spiro atoms. The molecule has 1 fully saturated rings. The van der Waals surface area contributed by atoms with Gasteiger partial charge in [-0.2, -0.15) is 0 Å². The van der Waals surface area contributed by atoms with Gasteiger partial charge in [-0.1, -0.05) is 30.3 Å². The molecule has 1 saturated heterocycles. The summed E-state index contributed by atoms with van der Waals surface area (Å²) in [7, 11) is 1.44. The van der Waals surface area contributed by atoms with E-state index < -0.39 is 0 Å². The maximum atomic E-state index is 12.9. The predicted molar refractivity (Wildman–Crippen MR) is 95.9 cm³/mol. The molecule has 2 aromatic rings. The number of rotatable bonds is 2. The Labute approximate surface area is 151 Å². The molecule has 2 aliphatic heterocycles. The summed E-state index contributed by atoms with van der Waals surface area (Å²) in [6.45, 7) is 0.996. The number of hydrogen-bond donors (Lipinski definition) is 1. The largest absolute Gasteiger partial charge is 0.336 e. The highest BCUT2D eigenvalue weighted by molar-refractivity contribution is 6.21. The Kier molecular flexibility index (Phi) is 3.85. The molecule has 2 atom stereocenters. The van der Waals surface area contributed by atoms with E-state index in [1.54, 1.807) is 17.0 Å². The number of likely N-dealkylation sites (tertiary alicyclic amines) is 1. The van der Waals surface area contributed by atoms with Crippen molar-refractivity contribution in [1.82, 2.24) is 9.80 Å². The van der Waals surface area contributed by atoms with Crippen molar-refractivity contribution < 1.29 is 14.4 Å². The SMILES string of the molecule is CN1C(=O)c2ccc(C(=O)N3C[C@@H](N)[C@H](c4ccccc4)C3)cc2C1=O. The molecule has 4 rings (SSSR count). The predicted octanol–water partition coefficient (Wildman–Crippen LogP) is 1.48. The average molecular weight is 349 g/mol. The first-order valence-corrected chi connectivity index (χ1v) is 8.53. The second kappa shape index (κ2) is 6.07. The first-order valence-electron chi connectivity index (χ1n) is 8.53. The summed E-state index contributed by atoms with van der Waals surface area (Å²) < 4.78 is 0. The summed E-state index contributed by atoms with van der Waals surface area (Å²) in [5.41, 5.74) is 8.41. The van der Waals surface area contributed by atoms with Crippen LogP contribution in [0.25, 0.3) is 0 Å². The maximum Gasteiger partial charge on any atom is 0.261 e. The topological polar surface area (TPSA) is 83.7 Å². The second-order valence-electron chi connectivity index (χ2n) is 6.82. The summed E-state index contributed by atoms with van der Waals surface area (Å²) in [4.78, 5) is 39.8. The van der Waals surface area contributed by atoms with E-state index in [1.165, 1.54) is 13.1 Å². The number of hydrogen-bond acceptors (Lipinski definition) is 4. The minimum absolute atomic E-state index is 0.0870. The van der Waals surface area contributed by atoms with E-state index in [9.17, 15) is 14.4 Å². The van der Waals surface area contributed by atoms with E-state index in [0.717, 1.165) is 10.5 Å². The summed E-state index contributed by atoms with van der Waals surface area (Å²) in [5.74, 6) is -0.795. The molecular formula is C20H19N3O3. The standard InChI is InChI=1S/C20H19N3O3/c1-22-19(25)14-8-7-13(9-15(14)20(22)26)18(24)23-10-16(17(21)11-23)12-5-3-2-4-6-12/h2-9,16-17H,10-11,21H2,1H3/t16-,17+/m0/s1. The summed E-state index contributed by atoms with van der Waals surface area (Å²) in [5, 5.41) is 0. The van der Waals surface area contributed by atoms with Crippen molar-refractivity contribution in [2.45, 2.75) is 12.0 Å². The number of nitrogens with zero attached hydrogens (tertiary/aromatic N) is 2. The Morgan fingerprint density at radius 3 is 2.42 bits per heavy atom. The third-order valence-electron chi connectivity index (χ3n) is 5.22.